The summed E-state index contributed by atoms with van der Waals surface area (Å²) in [6.07, 6.45) is 5.04. The third-order valence-corrected chi connectivity index (χ3v) is 3.56. The molecule has 0 amide bonds. The van der Waals surface area contributed by atoms with Crippen LogP contribution in [0.3, 0.4) is 0 Å². The molecule has 0 aliphatic rings. The number of allylic oxidation sites excluding steroid dienone is 1. The molecule has 17 heavy (non-hydrogen) atoms. The SMILES string of the molecule is C=C(N(O)Cc1cn(C)cc1C)C(C)(C)CC. The second-order valence-electron chi connectivity index (χ2n) is 5.37. The number of rotatable bonds is 5. The highest BCUT2D eigenvalue weighted by Crippen LogP contribution is 2.31. The third-order valence-electron chi connectivity index (χ3n) is 3.56. The van der Waals surface area contributed by atoms with Crippen LogP contribution in [-0.2, 0) is 13.6 Å². The van der Waals surface area contributed by atoms with Gasteiger partial charge in [-0.2, -0.15) is 0 Å². The smallest absolute Gasteiger partial charge is 0.0717 e. The van der Waals surface area contributed by atoms with Crippen LogP contribution in [0.5, 0.6) is 0 Å². The highest BCUT2D eigenvalue weighted by atomic mass is 16.5. The zero-order chi connectivity index (χ0) is 13.2. The van der Waals surface area contributed by atoms with Crippen LogP contribution in [0.25, 0.3) is 0 Å². The van der Waals surface area contributed by atoms with Crippen LogP contribution in [0, 0.1) is 12.3 Å². The monoisotopic (exact) mass is 236 g/mol. The number of hydrogen-bond donors (Lipinski definition) is 1. The molecule has 0 aliphatic heterocycles. The van der Waals surface area contributed by atoms with Crippen molar-refractivity contribution in [3.63, 3.8) is 0 Å². The van der Waals surface area contributed by atoms with Gasteiger partial charge < -0.3 is 4.57 Å². The molecule has 0 saturated heterocycles. The van der Waals surface area contributed by atoms with E-state index in [1.165, 1.54) is 10.6 Å². The van der Waals surface area contributed by atoms with Crippen molar-refractivity contribution in [3.8, 4) is 0 Å². The molecule has 0 unspecified atom stereocenters. The van der Waals surface area contributed by atoms with Gasteiger partial charge in [0.1, 0.15) is 0 Å². The standard InChI is InChI=1S/C14H24N2O/c1-7-14(4,5)12(3)16(17)10-13-9-15(6)8-11(13)2/h8-9,17H,3,7,10H2,1-2,4-6H3. The molecule has 1 N–H and O–H groups in total. The Morgan fingerprint density at radius 1 is 1.47 bits per heavy atom. The fourth-order valence-electron chi connectivity index (χ4n) is 1.75. The molecule has 1 heterocycles. The van der Waals surface area contributed by atoms with E-state index in [9.17, 15) is 5.21 Å². The van der Waals surface area contributed by atoms with Gasteiger partial charge in [0.25, 0.3) is 0 Å². The molecule has 1 aromatic heterocycles. The van der Waals surface area contributed by atoms with E-state index in [-0.39, 0.29) is 5.41 Å². The summed E-state index contributed by atoms with van der Waals surface area (Å²) < 4.78 is 2.01. The molecule has 1 rings (SSSR count). The maximum Gasteiger partial charge on any atom is 0.0717 e. The average Bonchev–Trinajstić information content (AvgIpc) is 2.56. The van der Waals surface area contributed by atoms with Crippen molar-refractivity contribution in [2.45, 2.75) is 40.7 Å². The van der Waals surface area contributed by atoms with Crippen molar-refractivity contribution in [2.24, 2.45) is 12.5 Å². The van der Waals surface area contributed by atoms with Crippen molar-refractivity contribution < 1.29 is 5.21 Å². The van der Waals surface area contributed by atoms with E-state index in [0.29, 0.717) is 6.54 Å². The van der Waals surface area contributed by atoms with Gasteiger partial charge >= 0.3 is 0 Å². The Labute approximate surface area is 104 Å². The largest absolute Gasteiger partial charge is 0.357 e. The summed E-state index contributed by atoms with van der Waals surface area (Å²) in [6.45, 7) is 12.8. The van der Waals surface area contributed by atoms with E-state index in [1.54, 1.807) is 0 Å². The fraction of sp³-hybridized carbons (Fsp3) is 0.571. The van der Waals surface area contributed by atoms with Gasteiger partial charge in [-0.15, -0.1) is 0 Å². The topological polar surface area (TPSA) is 28.4 Å². The highest BCUT2D eigenvalue weighted by Gasteiger charge is 2.24. The number of hydroxylamine groups is 2. The first-order chi connectivity index (χ1) is 7.77. The molecule has 3 nitrogen and oxygen atoms in total. The van der Waals surface area contributed by atoms with Crippen molar-refractivity contribution >= 4 is 0 Å². The van der Waals surface area contributed by atoms with Crippen LogP contribution in [0.2, 0.25) is 0 Å². The zero-order valence-corrected chi connectivity index (χ0v) is 11.6. The summed E-state index contributed by atoms with van der Waals surface area (Å²) in [4.78, 5) is 0. The van der Waals surface area contributed by atoms with Crippen LogP contribution in [0.1, 0.15) is 38.3 Å². The summed E-state index contributed by atoms with van der Waals surface area (Å²) in [7, 11) is 1.99. The van der Waals surface area contributed by atoms with Crippen molar-refractivity contribution in [1.82, 2.24) is 9.63 Å². The quantitative estimate of drug-likeness (QED) is 0.793. The molecular weight excluding hydrogens is 212 g/mol. The predicted octanol–water partition coefficient (Wildman–Crippen LogP) is 3.47. The number of aromatic nitrogens is 1. The predicted molar refractivity (Wildman–Crippen MR) is 70.7 cm³/mol. The summed E-state index contributed by atoms with van der Waals surface area (Å²) in [5.74, 6) is 0. The zero-order valence-electron chi connectivity index (χ0n) is 11.6. The van der Waals surface area contributed by atoms with Crippen LogP contribution >= 0.6 is 0 Å². The maximum absolute atomic E-state index is 10.1. The van der Waals surface area contributed by atoms with Gasteiger partial charge in [-0.25, -0.2) is 0 Å². The van der Waals surface area contributed by atoms with Gasteiger partial charge in [-0.05, 0) is 24.5 Å². The van der Waals surface area contributed by atoms with Crippen LogP contribution in [0.15, 0.2) is 24.7 Å². The molecule has 0 bridgehead atoms. The second kappa shape index (κ2) is 4.96. The van der Waals surface area contributed by atoms with Crippen LogP contribution in [-0.4, -0.2) is 14.8 Å². The molecule has 3 heteroatoms. The lowest BCUT2D eigenvalue weighted by atomic mass is 9.86. The molecular formula is C14H24N2O. The first kappa shape index (κ1) is 13.8. The summed E-state index contributed by atoms with van der Waals surface area (Å²) >= 11 is 0. The molecule has 0 spiro atoms. The Morgan fingerprint density at radius 3 is 2.47 bits per heavy atom. The van der Waals surface area contributed by atoms with Crippen molar-refractivity contribution in [2.75, 3.05) is 0 Å². The molecule has 0 saturated carbocycles. The minimum Gasteiger partial charge on any atom is -0.357 e. The first-order valence-electron chi connectivity index (χ1n) is 6.05. The lowest BCUT2D eigenvalue weighted by Gasteiger charge is -2.31. The maximum atomic E-state index is 10.1. The van der Waals surface area contributed by atoms with Gasteiger partial charge in [0.2, 0.25) is 0 Å². The van der Waals surface area contributed by atoms with E-state index in [0.717, 1.165) is 17.7 Å². The summed E-state index contributed by atoms with van der Waals surface area (Å²) in [5.41, 5.74) is 3.01. The molecule has 0 fully saturated rings. The molecule has 0 atom stereocenters. The van der Waals surface area contributed by atoms with E-state index in [1.807, 2.05) is 17.8 Å². The van der Waals surface area contributed by atoms with Crippen LogP contribution < -0.4 is 0 Å². The van der Waals surface area contributed by atoms with E-state index in [2.05, 4.69) is 40.5 Å². The van der Waals surface area contributed by atoms with Crippen molar-refractivity contribution in [1.29, 1.82) is 0 Å². The minimum absolute atomic E-state index is 0.0720. The Hall–Kier alpha value is -1.22. The third kappa shape index (κ3) is 3.13. The van der Waals surface area contributed by atoms with Gasteiger partial charge in [-0.1, -0.05) is 27.4 Å². The normalized spacial score (nSPS) is 11.6. The Balaban J connectivity index is 2.76. The van der Waals surface area contributed by atoms with Gasteiger partial charge in [0.15, 0.2) is 0 Å². The van der Waals surface area contributed by atoms with Gasteiger partial charge in [-0.3, -0.25) is 10.3 Å². The lowest BCUT2D eigenvalue weighted by molar-refractivity contribution is -0.0812. The molecule has 0 aliphatic carbocycles. The summed E-state index contributed by atoms with van der Waals surface area (Å²) in [6, 6.07) is 0. The second-order valence-corrected chi connectivity index (χ2v) is 5.37. The molecule has 0 aromatic carbocycles. The van der Waals surface area contributed by atoms with Crippen molar-refractivity contribution in [3.05, 3.63) is 35.8 Å². The molecule has 96 valence electrons. The minimum atomic E-state index is -0.0720. The Bertz CT molecular complexity index is 404. The van der Waals surface area contributed by atoms with E-state index >= 15 is 0 Å². The van der Waals surface area contributed by atoms with Crippen LogP contribution in [0.4, 0.5) is 0 Å². The molecule has 1 aromatic rings. The number of aryl methyl sites for hydroxylation is 2. The van der Waals surface area contributed by atoms with E-state index in [4.69, 9.17) is 0 Å². The average molecular weight is 236 g/mol. The first-order valence-corrected chi connectivity index (χ1v) is 6.05. The fourth-order valence-corrected chi connectivity index (χ4v) is 1.75. The molecule has 0 radical (unpaired) electrons. The summed E-state index contributed by atoms with van der Waals surface area (Å²) in [5, 5.41) is 11.4. The lowest BCUT2D eigenvalue weighted by Crippen LogP contribution is -2.28. The van der Waals surface area contributed by atoms with Gasteiger partial charge in [0.05, 0.1) is 6.54 Å². The number of nitrogens with zero attached hydrogens (tertiary/aromatic N) is 2. The van der Waals surface area contributed by atoms with E-state index < -0.39 is 0 Å². The number of hydrogen-bond acceptors (Lipinski definition) is 2. The highest BCUT2D eigenvalue weighted by molar-refractivity contribution is 5.23. The Morgan fingerprint density at radius 2 is 2.06 bits per heavy atom. The van der Waals surface area contributed by atoms with Gasteiger partial charge in [0, 0.05) is 30.6 Å². The Kier molecular flexibility index (Phi) is 4.04.